The van der Waals surface area contributed by atoms with Crippen LogP contribution in [0.1, 0.15) is 30.7 Å². The summed E-state index contributed by atoms with van der Waals surface area (Å²) in [7, 11) is 0. The maximum absolute atomic E-state index is 9.14. The van der Waals surface area contributed by atoms with Gasteiger partial charge in [-0.1, -0.05) is 31.5 Å². The summed E-state index contributed by atoms with van der Waals surface area (Å²) in [6.07, 6.45) is 1.20. The van der Waals surface area contributed by atoms with Gasteiger partial charge in [0.1, 0.15) is 11.5 Å². The van der Waals surface area contributed by atoms with E-state index >= 15 is 0 Å². The van der Waals surface area contributed by atoms with E-state index in [4.69, 9.17) is 25.9 Å². The van der Waals surface area contributed by atoms with Crippen LogP contribution in [0.15, 0.2) is 52.9 Å². The highest BCUT2D eigenvalue weighted by Gasteiger charge is 2.13. The Labute approximate surface area is 192 Å². The van der Waals surface area contributed by atoms with Gasteiger partial charge in [0.15, 0.2) is 11.6 Å². The van der Waals surface area contributed by atoms with Crippen molar-refractivity contribution in [2.24, 2.45) is 5.92 Å². The quantitative estimate of drug-likeness (QED) is 0.335. The molecule has 2 aromatic carbocycles. The average Bonchev–Trinajstić information content (AvgIpc) is 3.34. The van der Waals surface area contributed by atoms with E-state index in [1.807, 2.05) is 48.5 Å². The molecule has 5 nitrogen and oxygen atoms in total. The molecule has 0 unspecified atom stereocenters. The van der Waals surface area contributed by atoms with Crippen molar-refractivity contribution in [2.45, 2.75) is 26.7 Å². The van der Waals surface area contributed by atoms with Crippen LogP contribution in [0, 0.1) is 5.92 Å². The van der Waals surface area contributed by atoms with Gasteiger partial charge >= 0.3 is 0 Å². The fourth-order valence-corrected chi connectivity index (χ4v) is 3.52. The predicted molar refractivity (Wildman–Crippen MR) is 126 cm³/mol. The Balaban J connectivity index is 0.00000272. The molecular weight excluding hydrogens is 435 g/mol. The van der Waals surface area contributed by atoms with E-state index in [0.29, 0.717) is 42.0 Å². The van der Waals surface area contributed by atoms with Gasteiger partial charge < -0.3 is 19.2 Å². The van der Waals surface area contributed by atoms with Gasteiger partial charge in [-0.3, -0.25) is 0 Å². The highest BCUT2D eigenvalue weighted by atomic mass is 35.5. The van der Waals surface area contributed by atoms with Crippen LogP contribution in [0.4, 0.5) is 0 Å². The Morgan fingerprint density at radius 1 is 1.13 bits per heavy atom. The zero-order valence-electron chi connectivity index (χ0n) is 17.5. The van der Waals surface area contributed by atoms with Crippen LogP contribution in [0.25, 0.3) is 22.6 Å². The first kappa shape index (κ1) is 23.2. The van der Waals surface area contributed by atoms with Gasteiger partial charge in [-0.25, -0.2) is 4.98 Å². The summed E-state index contributed by atoms with van der Waals surface area (Å²) in [5.41, 5.74) is 3.84. The van der Waals surface area contributed by atoms with Gasteiger partial charge in [0, 0.05) is 23.6 Å². The fourth-order valence-electron chi connectivity index (χ4n) is 3.33. The van der Waals surface area contributed by atoms with Crippen molar-refractivity contribution in [3.63, 3.8) is 0 Å². The Bertz CT molecular complexity index is 1150. The summed E-state index contributed by atoms with van der Waals surface area (Å²) in [5.74, 6) is 3.43. The minimum absolute atomic E-state index is 0. The number of H-pyrrole nitrogens is 1. The number of nitrogens with zero attached hydrogens (tertiary/aromatic N) is 1. The molecular formula is C24H26Cl2N2O3. The number of aliphatic hydroxyl groups is 1. The lowest BCUT2D eigenvalue weighted by Crippen LogP contribution is -2.06. The van der Waals surface area contributed by atoms with E-state index in [0.717, 1.165) is 33.7 Å². The average molecular weight is 461 g/mol. The van der Waals surface area contributed by atoms with E-state index in [-0.39, 0.29) is 19.0 Å². The Kier molecular flexibility index (Phi) is 7.65. The Morgan fingerprint density at radius 2 is 1.97 bits per heavy atom. The number of halogens is 2. The van der Waals surface area contributed by atoms with Crippen LogP contribution in [0.2, 0.25) is 5.02 Å². The van der Waals surface area contributed by atoms with Gasteiger partial charge in [-0.2, -0.15) is 0 Å². The summed E-state index contributed by atoms with van der Waals surface area (Å²) in [6, 6.07) is 15.5. The van der Waals surface area contributed by atoms with Crippen LogP contribution in [0.5, 0.6) is 5.75 Å². The third kappa shape index (κ3) is 5.62. The molecule has 0 saturated heterocycles. The number of rotatable bonds is 8. The summed E-state index contributed by atoms with van der Waals surface area (Å²) in [5, 5.41) is 9.81. The number of hydrogen-bond acceptors (Lipinski definition) is 4. The number of ether oxygens (including phenoxy) is 1. The number of benzene rings is 2. The largest absolute Gasteiger partial charge is 0.493 e. The number of fused-ring (bicyclic) bond motifs is 1. The Hall–Kier alpha value is -2.47. The van der Waals surface area contributed by atoms with Gasteiger partial charge in [-0.05, 0) is 60.4 Å². The van der Waals surface area contributed by atoms with Crippen molar-refractivity contribution in [1.29, 1.82) is 0 Å². The van der Waals surface area contributed by atoms with Crippen LogP contribution in [-0.2, 0) is 12.8 Å². The van der Waals surface area contributed by atoms with E-state index < -0.39 is 0 Å². The molecule has 0 aliphatic heterocycles. The van der Waals surface area contributed by atoms with Gasteiger partial charge in [0.2, 0.25) is 0 Å². The topological polar surface area (TPSA) is 71.3 Å². The third-order valence-electron chi connectivity index (χ3n) is 4.80. The monoisotopic (exact) mass is 460 g/mol. The molecule has 0 aliphatic carbocycles. The maximum atomic E-state index is 9.14. The number of aromatic amines is 1. The van der Waals surface area contributed by atoms with Gasteiger partial charge in [0.25, 0.3) is 0 Å². The molecule has 2 N–H and O–H groups in total. The lowest BCUT2D eigenvalue weighted by Gasteiger charge is -2.13. The first-order chi connectivity index (χ1) is 14.5. The molecule has 0 atom stereocenters. The second-order valence-electron chi connectivity index (χ2n) is 7.81. The zero-order chi connectivity index (χ0) is 21.1. The van der Waals surface area contributed by atoms with Crippen molar-refractivity contribution >= 4 is 35.0 Å². The fraction of sp³-hybridized carbons (Fsp3) is 0.292. The highest BCUT2D eigenvalue weighted by Crippen LogP contribution is 2.29. The first-order valence-corrected chi connectivity index (χ1v) is 10.5. The second kappa shape index (κ2) is 10.2. The standard InChI is InChI=1S/C24H25ClN2O3.ClH/c1-15(2)14-29-22-7-4-18(25)12-17(22)13-19-5-8-23(30-19)24-26-20-6-3-16(9-10-28)11-21(20)27-24;/h3-8,11-12,15,28H,9-10,13-14H2,1-2H3,(H,26,27);1H. The van der Waals surface area contributed by atoms with Crippen LogP contribution >= 0.6 is 24.0 Å². The Morgan fingerprint density at radius 3 is 2.74 bits per heavy atom. The molecule has 0 radical (unpaired) electrons. The van der Waals surface area contributed by atoms with E-state index in [9.17, 15) is 0 Å². The maximum Gasteiger partial charge on any atom is 0.174 e. The molecule has 0 fully saturated rings. The molecule has 7 heteroatoms. The van der Waals surface area contributed by atoms with Crippen molar-refractivity contribution in [2.75, 3.05) is 13.2 Å². The molecule has 2 heterocycles. The van der Waals surface area contributed by atoms with Gasteiger partial charge in [-0.15, -0.1) is 12.4 Å². The molecule has 4 rings (SSSR count). The predicted octanol–water partition coefficient (Wildman–Crippen LogP) is 6.06. The summed E-state index contributed by atoms with van der Waals surface area (Å²) >= 11 is 6.21. The number of imidazole rings is 1. The smallest absolute Gasteiger partial charge is 0.174 e. The number of aliphatic hydroxyl groups excluding tert-OH is 1. The van der Waals surface area contributed by atoms with E-state index in [1.54, 1.807) is 0 Å². The minimum Gasteiger partial charge on any atom is -0.493 e. The van der Waals surface area contributed by atoms with Crippen molar-refractivity contribution in [1.82, 2.24) is 9.97 Å². The number of furan rings is 1. The lowest BCUT2D eigenvalue weighted by molar-refractivity contribution is 0.268. The highest BCUT2D eigenvalue weighted by molar-refractivity contribution is 6.30. The molecule has 31 heavy (non-hydrogen) atoms. The first-order valence-electron chi connectivity index (χ1n) is 10.1. The molecule has 2 aromatic heterocycles. The van der Waals surface area contributed by atoms with Crippen molar-refractivity contribution in [3.05, 3.63) is 70.4 Å². The molecule has 0 spiro atoms. The molecule has 4 aromatic rings. The molecule has 0 bridgehead atoms. The lowest BCUT2D eigenvalue weighted by atomic mass is 10.1. The van der Waals surface area contributed by atoms with Crippen LogP contribution in [0.3, 0.4) is 0 Å². The summed E-state index contributed by atoms with van der Waals surface area (Å²) in [6.45, 7) is 5.01. The molecule has 0 saturated carbocycles. The summed E-state index contributed by atoms with van der Waals surface area (Å²) < 4.78 is 12.0. The normalized spacial score (nSPS) is 11.1. The zero-order valence-corrected chi connectivity index (χ0v) is 19.1. The van der Waals surface area contributed by atoms with Gasteiger partial charge in [0.05, 0.1) is 17.6 Å². The summed E-state index contributed by atoms with van der Waals surface area (Å²) in [4.78, 5) is 7.94. The second-order valence-corrected chi connectivity index (χ2v) is 8.25. The van der Waals surface area contributed by atoms with Crippen molar-refractivity contribution < 1.29 is 14.3 Å². The molecule has 0 amide bonds. The third-order valence-corrected chi connectivity index (χ3v) is 5.04. The molecule has 0 aliphatic rings. The number of aromatic nitrogens is 2. The molecule has 164 valence electrons. The van der Waals surface area contributed by atoms with Crippen molar-refractivity contribution in [3.8, 4) is 17.3 Å². The minimum atomic E-state index is 0. The van der Waals surface area contributed by atoms with E-state index in [1.165, 1.54) is 0 Å². The van der Waals surface area contributed by atoms with E-state index in [2.05, 4.69) is 23.8 Å². The number of hydrogen-bond donors (Lipinski definition) is 2. The number of nitrogens with one attached hydrogen (secondary N) is 1. The van der Waals surface area contributed by atoms with Crippen LogP contribution < -0.4 is 4.74 Å². The van der Waals surface area contributed by atoms with Crippen LogP contribution in [-0.4, -0.2) is 28.3 Å². The SMILES string of the molecule is CC(C)COc1ccc(Cl)cc1Cc1ccc(-c2nc3ccc(CCO)cc3[nH]2)o1.Cl.